The van der Waals surface area contributed by atoms with E-state index in [2.05, 4.69) is 20.5 Å². The molecule has 0 amide bonds. The molecule has 0 saturated carbocycles. The zero-order valence-electron chi connectivity index (χ0n) is 10.3. The largest absolute Gasteiger partial charge is 0.339 e. The minimum Gasteiger partial charge on any atom is -0.339 e. The average molecular weight is 305 g/mol. The van der Waals surface area contributed by atoms with Crippen LogP contribution in [0.15, 0.2) is 48.8 Å². The molecular weight excluding hydrogens is 295 g/mol. The maximum absolute atomic E-state index is 5.97. The number of aromatic amines is 1. The van der Waals surface area contributed by atoms with Gasteiger partial charge in [-0.3, -0.25) is 10.1 Å². The number of hydrogen-bond donors (Lipinski definition) is 2. The first kappa shape index (κ1) is 13.0. The monoisotopic (exact) mass is 304 g/mol. The van der Waals surface area contributed by atoms with E-state index >= 15 is 0 Å². The van der Waals surface area contributed by atoms with Crippen LogP contribution in [0.1, 0.15) is 0 Å². The van der Waals surface area contributed by atoms with Crippen LogP contribution in [0.4, 0.5) is 11.5 Å². The maximum atomic E-state index is 5.97. The molecule has 1 aromatic carbocycles. The summed E-state index contributed by atoms with van der Waals surface area (Å²) in [5.41, 5.74) is 2.69. The van der Waals surface area contributed by atoms with Crippen molar-refractivity contribution in [3.63, 3.8) is 0 Å². The van der Waals surface area contributed by atoms with E-state index in [-0.39, 0.29) is 0 Å². The highest BCUT2D eigenvalue weighted by Crippen LogP contribution is 2.27. The van der Waals surface area contributed by atoms with Crippen LogP contribution in [0.25, 0.3) is 11.3 Å². The van der Waals surface area contributed by atoms with Crippen LogP contribution >= 0.6 is 23.2 Å². The van der Waals surface area contributed by atoms with Crippen LogP contribution in [-0.4, -0.2) is 15.2 Å². The smallest absolute Gasteiger partial charge is 0.152 e. The zero-order chi connectivity index (χ0) is 13.9. The molecule has 0 saturated heterocycles. The summed E-state index contributed by atoms with van der Waals surface area (Å²) in [6.07, 6.45) is 3.51. The van der Waals surface area contributed by atoms with Crippen LogP contribution in [-0.2, 0) is 0 Å². The molecule has 3 rings (SSSR count). The molecule has 0 atom stereocenters. The summed E-state index contributed by atoms with van der Waals surface area (Å²) in [7, 11) is 0. The SMILES string of the molecule is Clc1ccc(Nc2cc(-c3cccnc3)[nH]n2)cc1Cl. The molecule has 2 aromatic heterocycles. The van der Waals surface area contributed by atoms with E-state index in [4.69, 9.17) is 23.2 Å². The van der Waals surface area contributed by atoms with Crippen LogP contribution in [0.5, 0.6) is 0 Å². The number of nitrogens with one attached hydrogen (secondary N) is 2. The van der Waals surface area contributed by atoms with Gasteiger partial charge in [-0.1, -0.05) is 23.2 Å². The number of H-pyrrole nitrogens is 1. The Morgan fingerprint density at radius 1 is 1.05 bits per heavy atom. The Bertz CT molecular complexity index is 725. The lowest BCUT2D eigenvalue weighted by molar-refractivity contribution is 1.09. The van der Waals surface area contributed by atoms with Crippen molar-refractivity contribution in [1.82, 2.24) is 15.2 Å². The zero-order valence-corrected chi connectivity index (χ0v) is 11.8. The van der Waals surface area contributed by atoms with Gasteiger partial charge in [-0.25, -0.2) is 0 Å². The van der Waals surface area contributed by atoms with Crippen LogP contribution in [0.3, 0.4) is 0 Å². The van der Waals surface area contributed by atoms with Gasteiger partial charge in [0.2, 0.25) is 0 Å². The van der Waals surface area contributed by atoms with E-state index in [0.29, 0.717) is 15.9 Å². The van der Waals surface area contributed by atoms with E-state index in [9.17, 15) is 0 Å². The molecule has 2 heterocycles. The van der Waals surface area contributed by atoms with Gasteiger partial charge in [0.05, 0.1) is 15.7 Å². The van der Waals surface area contributed by atoms with Gasteiger partial charge < -0.3 is 5.32 Å². The van der Waals surface area contributed by atoms with Crippen molar-refractivity contribution in [2.45, 2.75) is 0 Å². The minimum atomic E-state index is 0.500. The third-order valence-electron chi connectivity index (χ3n) is 2.74. The highest BCUT2D eigenvalue weighted by atomic mass is 35.5. The molecular formula is C14H10Cl2N4. The maximum Gasteiger partial charge on any atom is 0.152 e. The predicted molar refractivity (Wildman–Crippen MR) is 81.6 cm³/mol. The lowest BCUT2D eigenvalue weighted by Gasteiger charge is -2.03. The summed E-state index contributed by atoms with van der Waals surface area (Å²) in [6.45, 7) is 0. The molecule has 0 fully saturated rings. The van der Waals surface area contributed by atoms with Gasteiger partial charge in [0, 0.05) is 29.7 Å². The molecule has 20 heavy (non-hydrogen) atoms. The number of benzene rings is 1. The fourth-order valence-corrected chi connectivity index (χ4v) is 2.08. The van der Waals surface area contributed by atoms with E-state index in [1.165, 1.54) is 0 Å². The van der Waals surface area contributed by atoms with Gasteiger partial charge in [-0.2, -0.15) is 5.10 Å². The van der Waals surface area contributed by atoms with Crippen LogP contribution < -0.4 is 5.32 Å². The molecule has 0 aliphatic heterocycles. The van der Waals surface area contributed by atoms with Gasteiger partial charge >= 0.3 is 0 Å². The first-order chi connectivity index (χ1) is 9.72. The fourth-order valence-electron chi connectivity index (χ4n) is 1.78. The van der Waals surface area contributed by atoms with Gasteiger partial charge in [-0.05, 0) is 30.3 Å². The van der Waals surface area contributed by atoms with Gasteiger partial charge in [0.15, 0.2) is 5.82 Å². The predicted octanol–water partition coefficient (Wildman–Crippen LogP) is 4.52. The molecule has 0 bridgehead atoms. The number of halogens is 2. The summed E-state index contributed by atoms with van der Waals surface area (Å²) >= 11 is 11.9. The normalized spacial score (nSPS) is 10.5. The standard InChI is InChI=1S/C14H10Cl2N4/c15-11-4-3-10(6-12(11)16)18-14-7-13(19-20-14)9-2-1-5-17-8-9/h1-8H,(H2,18,19,20). The summed E-state index contributed by atoms with van der Waals surface area (Å²) < 4.78 is 0. The summed E-state index contributed by atoms with van der Waals surface area (Å²) in [5.74, 6) is 0.697. The molecule has 0 unspecified atom stereocenters. The Kier molecular flexibility index (Phi) is 3.58. The molecule has 4 nitrogen and oxygen atoms in total. The van der Waals surface area contributed by atoms with Gasteiger partial charge in [0.25, 0.3) is 0 Å². The third kappa shape index (κ3) is 2.76. The van der Waals surface area contributed by atoms with Crippen LogP contribution in [0, 0.1) is 0 Å². The second-order valence-electron chi connectivity index (χ2n) is 4.16. The summed E-state index contributed by atoms with van der Waals surface area (Å²) in [6, 6.07) is 11.1. The molecule has 3 aromatic rings. The lowest BCUT2D eigenvalue weighted by Crippen LogP contribution is -1.90. The molecule has 100 valence electrons. The fraction of sp³-hybridized carbons (Fsp3) is 0. The first-order valence-corrected chi connectivity index (χ1v) is 6.66. The Labute approximate surface area is 125 Å². The highest BCUT2D eigenvalue weighted by Gasteiger charge is 2.05. The van der Waals surface area contributed by atoms with Crippen molar-refractivity contribution < 1.29 is 0 Å². The second-order valence-corrected chi connectivity index (χ2v) is 4.98. The number of aromatic nitrogens is 3. The average Bonchev–Trinajstić information content (AvgIpc) is 2.92. The number of pyridine rings is 1. The van der Waals surface area contributed by atoms with Crippen molar-refractivity contribution in [1.29, 1.82) is 0 Å². The number of nitrogens with zero attached hydrogens (tertiary/aromatic N) is 2. The number of hydrogen-bond acceptors (Lipinski definition) is 3. The van der Waals surface area contributed by atoms with Crippen molar-refractivity contribution in [2.75, 3.05) is 5.32 Å². The Morgan fingerprint density at radius 3 is 2.70 bits per heavy atom. The van der Waals surface area contributed by atoms with Crippen molar-refractivity contribution in [3.8, 4) is 11.3 Å². The molecule has 6 heteroatoms. The van der Waals surface area contributed by atoms with Gasteiger partial charge in [-0.15, -0.1) is 0 Å². The minimum absolute atomic E-state index is 0.500. The Hall–Kier alpha value is -2.04. The summed E-state index contributed by atoms with van der Waals surface area (Å²) in [4.78, 5) is 4.08. The number of anilines is 2. The van der Waals surface area contributed by atoms with Crippen molar-refractivity contribution in [2.24, 2.45) is 0 Å². The van der Waals surface area contributed by atoms with Gasteiger partial charge in [0.1, 0.15) is 0 Å². The second kappa shape index (κ2) is 5.53. The number of rotatable bonds is 3. The quantitative estimate of drug-likeness (QED) is 0.748. The Morgan fingerprint density at radius 2 is 1.95 bits per heavy atom. The lowest BCUT2D eigenvalue weighted by atomic mass is 10.2. The molecule has 0 aliphatic rings. The van der Waals surface area contributed by atoms with E-state index in [0.717, 1.165) is 16.9 Å². The topological polar surface area (TPSA) is 53.6 Å². The highest BCUT2D eigenvalue weighted by molar-refractivity contribution is 6.42. The molecule has 2 N–H and O–H groups in total. The molecule has 0 radical (unpaired) electrons. The Balaban J connectivity index is 1.82. The van der Waals surface area contributed by atoms with Crippen molar-refractivity contribution in [3.05, 3.63) is 58.8 Å². The first-order valence-electron chi connectivity index (χ1n) is 5.90. The van der Waals surface area contributed by atoms with E-state index in [1.807, 2.05) is 24.3 Å². The van der Waals surface area contributed by atoms with E-state index < -0.39 is 0 Å². The molecule has 0 spiro atoms. The molecule has 0 aliphatic carbocycles. The van der Waals surface area contributed by atoms with Crippen molar-refractivity contribution >= 4 is 34.7 Å². The third-order valence-corrected chi connectivity index (χ3v) is 3.48. The van der Waals surface area contributed by atoms with Crippen LogP contribution in [0.2, 0.25) is 10.0 Å². The van der Waals surface area contributed by atoms with E-state index in [1.54, 1.807) is 24.5 Å². The summed E-state index contributed by atoms with van der Waals surface area (Å²) in [5, 5.41) is 11.3.